The number of hydrogen-bond donors (Lipinski definition) is 1. The van der Waals surface area contributed by atoms with Crippen LogP contribution in [-0.4, -0.2) is 36.5 Å². The molecule has 0 atom stereocenters. The number of hydrogen-bond acceptors (Lipinski definition) is 2. The molecule has 0 radical (unpaired) electrons. The van der Waals surface area contributed by atoms with Crippen LogP contribution in [0.5, 0.6) is 0 Å². The molecule has 0 aliphatic carbocycles. The van der Waals surface area contributed by atoms with Gasteiger partial charge in [0.15, 0.2) is 0 Å². The monoisotopic (exact) mass is 316 g/mol. The number of rotatable bonds is 3. The van der Waals surface area contributed by atoms with Gasteiger partial charge in [-0.3, -0.25) is 4.79 Å². The first-order valence-electron chi connectivity index (χ1n) is 6.92. The van der Waals surface area contributed by atoms with Crippen LogP contribution < -0.4 is 5.32 Å². The Kier molecular flexibility index (Phi) is 6.80. The van der Waals surface area contributed by atoms with Gasteiger partial charge in [0.25, 0.3) is 5.91 Å². The number of nitrogens with zero attached hydrogens (tertiary/aromatic N) is 1. The maximum atomic E-state index is 12.7. The van der Waals surface area contributed by atoms with E-state index in [1.54, 1.807) is 0 Å². The molecule has 0 spiro atoms. The van der Waals surface area contributed by atoms with Gasteiger partial charge in [-0.25, -0.2) is 0 Å². The van der Waals surface area contributed by atoms with E-state index in [9.17, 15) is 4.79 Å². The summed E-state index contributed by atoms with van der Waals surface area (Å²) in [6.07, 6.45) is 2.05. The zero-order valence-electron chi connectivity index (χ0n) is 12.0. The molecule has 1 saturated heterocycles. The molecule has 1 aromatic rings. The Morgan fingerprint density at radius 2 is 2.05 bits per heavy atom. The standard InChI is InChI=1S/C15H21ClN2O.ClH/c1-3-18(12-7-9-17-10-8-12)15(19)13-5-4-6-14(16)11(13)2;/h4-6,12,17H,3,7-10H2,1-2H3;1H. The summed E-state index contributed by atoms with van der Waals surface area (Å²) in [6.45, 7) is 6.67. The van der Waals surface area contributed by atoms with Gasteiger partial charge in [0, 0.05) is 23.2 Å². The highest BCUT2D eigenvalue weighted by molar-refractivity contribution is 6.31. The molecular weight excluding hydrogens is 295 g/mol. The van der Waals surface area contributed by atoms with E-state index in [0.29, 0.717) is 11.1 Å². The van der Waals surface area contributed by atoms with E-state index in [-0.39, 0.29) is 18.3 Å². The van der Waals surface area contributed by atoms with E-state index in [2.05, 4.69) is 5.32 Å². The SMILES string of the molecule is CCN(C(=O)c1cccc(Cl)c1C)C1CCNCC1.Cl. The van der Waals surface area contributed by atoms with Crippen molar-refractivity contribution >= 4 is 29.9 Å². The van der Waals surface area contributed by atoms with Crippen molar-refractivity contribution in [3.63, 3.8) is 0 Å². The van der Waals surface area contributed by atoms with Crippen LogP contribution in [0.3, 0.4) is 0 Å². The molecule has 1 aliphatic heterocycles. The van der Waals surface area contributed by atoms with Gasteiger partial charge >= 0.3 is 0 Å². The molecular formula is C15H22Cl2N2O. The van der Waals surface area contributed by atoms with E-state index in [1.165, 1.54) is 0 Å². The van der Waals surface area contributed by atoms with Gasteiger partial charge in [-0.2, -0.15) is 0 Å². The first-order valence-corrected chi connectivity index (χ1v) is 7.29. The summed E-state index contributed by atoms with van der Waals surface area (Å²) >= 11 is 6.11. The smallest absolute Gasteiger partial charge is 0.254 e. The van der Waals surface area contributed by atoms with Crippen LogP contribution >= 0.6 is 24.0 Å². The van der Waals surface area contributed by atoms with Crippen LogP contribution in [0.4, 0.5) is 0 Å². The highest BCUT2D eigenvalue weighted by Gasteiger charge is 2.25. The van der Waals surface area contributed by atoms with Crippen LogP contribution in [0.2, 0.25) is 5.02 Å². The largest absolute Gasteiger partial charge is 0.336 e. The number of piperidine rings is 1. The van der Waals surface area contributed by atoms with Crippen molar-refractivity contribution in [1.82, 2.24) is 10.2 Å². The molecule has 1 aromatic carbocycles. The molecule has 0 unspecified atom stereocenters. The van der Waals surface area contributed by atoms with Crippen LogP contribution in [0.15, 0.2) is 18.2 Å². The van der Waals surface area contributed by atoms with E-state index in [1.807, 2.05) is 36.9 Å². The minimum Gasteiger partial charge on any atom is -0.336 e. The fourth-order valence-electron chi connectivity index (χ4n) is 2.68. The fraction of sp³-hybridized carbons (Fsp3) is 0.533. The lowest BCUT2D eigenvalue weighted by atomic mass is 10.0. The van der Waals surface area contributed by atoms with Crippen LogP contribution in [0, 0.1) is 6.92 Å². The van der Waals surface area contributed by atoms with Gasteiger partial charge in [-0.15, -0.1) is 12.4 Å². The highest BCUT2D eigenvalue weighted by atomic mass is 35.5. The summed E-state index contributed by atoms with van der Waals surface area (Å²) in [5, 5.41) is 3.99. The Balaban J connectivity index is 0.00000200. The molecule has 1 heterocycles. The summed E-state index contributed by atoms with van der Waals surface area (Å²) in [6, 6.07) is 5.89. The molecule has 0 bridgehead atoms. The minimum absolute atomic E-state index is 0. The third kappa shape index (κ3) is 3.66. The second-order valence-electron chi connectivity index (χ2n) is 4.98. The summed E-state index contributed by atoms with van der Waals surface area (Å²) in [5.74, 6) is 0.106. The topological polar surface area (TPSA) is 32.3 Å². The molecule has 20 heavy (non-hydrogen) atoms. The van der Waals surface area contributed by atoms with Crippen LogP contribution in [0.1, 0.15) is 35.7 Å². The molecule has 1 amide bonds. The van der Waals surface area contributed by atoms with Crippen LogP contribution in [0.25, 0.3) is 0 Å². The lowest BCUT2D eigenvalue weighted by molar-refractivity contribution is 0.0655. The summed E-state index contributed by atoms with van der Waals surface area (Å²) in [4.78, 5) is 14.7. The molecule has 1 fully saturated rings. The van der Waals surface area contributed by atoms with Crippen molar-refractivity contribution in [2.75, 3.05) is 19.6 Å². The van der Waals surface area contributed by atoms with E-state index >= 15 is 0 Å². The molecule has 0 aromatic heterocycles. The predicted molar refractivity (Wildman–Crippen MR) is 86.0 cm³/mol. The average molecular weight is 317 g/mol. The number of carbonyl (C=O) groups excluding carboxylic acids is 1. The first-order chi connectivity index (χ1) is 9.15. The molecule has 3 nitrogen and oxygen atoms in total. The van der Waals surface area contributed by atoms with Gasteiger partial charge in [0.2, 0.25) is 0 Å². The maximum Gasteiger partial charge on any atom is 0.254 e. The van der Waals surface area contributed by atoms with E-state index < -0.39 is 0 Å². The van der Waals surface area contributed by atoms with Crippen LogP contribution in [-0.2, 0) is 0 Å². The van der Waals surface area contributed by atoms with Crippen molar-refractivity contribution in [2.24, 2.45) is 0 Å². The average Bonchev–Trinajstić information content (AvgIpc) is 2.44. The fourth-order valence-corrected chi connectivity index (χ4v) is 2.85. The lowest BCUT2D eigenvalue weighted by Crippen LogP contribution is -2.46. The molecule has 5 heteroatoms. The molecule has 0 saturated carbocycles. The number of nitrogens with one attached hydrogen (secondary N) is 1. The van der Waals surface area contributed by atoms with Crippen molar-refractivity contribution < 1.29 is 4.79 Å². The van der Waals surface area contributed by atoms with E-state index in [0.717, 1.165) is 43.6 Å². The van der Waals surface area contributed by atoms with Crippen molar-refractivity contribution in [2.45, 2.75) is 32.7 Å². The zero-order valence-corrected chi connectivity index (χ0v) is 13.6. The van der Waals surface area contributed by atoms with Gasteiger partial charge in [-0.05, 0) is 57.5 Å². The van der Waals surface area contributed by atoms with Crippen molar-refractivity contribution in [3.05, 3.63) is 34.3 Å². The van der Waals surface area contributed by atoms with Gasteiger partial charge in [-0.1, -0.05) is 17.7 Å². The first kappa shape index (κ1) is 17.3. The third-order valence-corrected chi connectivity index (χ3v) is 4.26. The zero-order chi connectivity index (χ0) is 13.8. The second-order valence-corrected chi connectivity index (χ2v) is 5.39. The quantitative estimate of drug-likeness (QED) is 0.928. The summed E-state index contributed by atoms with van der Waals surface area (Å²) in [7, 11) is 0. The normalized spacial score (nSPS) is 15.6. The van der Waals surface area contributed by atoms with Gasteiger partial charge < -0.3 is 10.2 Å². The molecule has 1 aliphatic rings. The predicted octanol–water partition coefficient (Wildman–Crippen LogP) is 3.28. The highest BCUT2D eigenvalue weighted by Crippen LogP contribution is 2.22. The Bertz CT molecular complexity index is 459. The Hall–Kier alpha value is -0.770. The Morgan fingerprint density at radius 1 is 1.40 bits per heavy atom. The van der Waals surface area contributed by atoms with Crippen molar-refractivity contribution in [3.8, 4) is 0 Å². The van der Waals surface area contributed by atoms with E-state index in [4.69, 9.17) is 11.6 Å². The number of benzene rings is 1. The third-order valence-electron chi connectivity index (χ3n) is 3.85. The number of amides is 1. The minimum atomic E-state index is 0. The Labute approximate surface area is 132 Å². The van der Waals surface area contributed by atoms with Crippen molar-refractivity contribution in [1.29, 1.82) is 0 Å². The Morgan fingerprint density at radius 3 is 2.65 bits per heavy atom. The maximum absolute atomic E-state index is 12.7. The van der Waals surface area contributed by atoms with Gasteiger partial charge in [0.1, 0.15) is 0 Å². The molecule has 112 valence electrons. The second kappa shape index (κ2) is 7.87. The van der Waals surface area contributed by atoms with Gasteiger partial charge in [0.05, 0.1) is 0 Å². The molecule has 1 N–H and O–H groups in total. The number of carbonyl (C=O) groups is 1. The number of halogens is 2. The molecule has 2 rings (SSSR count). The summed E-state index contributed by atoms with van der Waals surface area (Å²) < 4.78 is 0. The summed E-state index contributed by atoms with van der Waals surface area (Å²) in [5.41, 5.74) is 1.61. The lowest BCUT2D eigenvalue weighted by Gasteiger charge is -2.34.